The summed E-state index contributed by atoms with van der Waals surface area (Å²) in [5.41, 5.74) is 0. The maximum Gasteiger partial charge on any atom is 0.229 e. The van der Waals surface area contributed by atoms with E-state index in [1.54, 1.807) is 0 Å². The SMILES string of the molecule is Clc1nc(NC2CCCCCCCCCCC2)nc(NC2CCCCCCCCCCC2)n1. The van der Waals surface area contributed by atoms with Crippen molar-refractivity contribution in [3.8, 4) is 0 Å². The molecule has 0 radical (unpaired) electrons. The second-order valence-corrected chi connectivity index (χ2v) is 10.8. The zero-order chi connectivity index (χ0) is 23.0. The van der Waals surface area contributed by atoms with Gasteiger partial charge in [0.15, 0.2) is 0 Å². The molecular formula is C27H48ClN5. The van der Waals surface area contributed by atoms with Gasteiger partial charge in [0.2, 0.25) is 17.2 Å². The van der Waals surface area contributed by atoms with E-state index in [1.807, 2.05) is 0 Å². The average molecular weight is 478 g/mol. The lowest BCUT2D eigenvalue weighted by Gasteiger charge is -2.21. The van der Waals surface area contributed by atoms with E-state index in [9.17, 15) is 0 Å². The molecule has 2 aliphatic rings. The molecule has 0 bridgehead atoms. The van der Waals surface area contributed by atoms with Crippen LogP contribution in [0.25, 0.3) is 0 Å². The quantitative estimate of drug-likeness (QED) is 0.453. The highest BCUT2D eigenvalue weighted by Crippen LogP contribution is 2.22. The Bertz CT molecular complexity index is 567. The van der Waals surface area contributed by atoms with Crippen molar-refractivity contribution < 1.29 is 0 Å². The van der Waals surface area contributed by atoms with E-state index >= 15 is 0 Å². The minimum absolute atomic E-state index is 0.288. The first kappa shape index (κ1) is 26.5. The zero-order valence-corrected chi connectivity index (χ0v) is 21.7. The van der Waals surface area contributed by atoms with Gasteiger partial charge in [0.05, 0.1) is 0 Å². The van der Waals surface area contributed by atoms with E-state index < -0.39 is 0 Å². The fourth-order valence-corrected chi connectivity index (χ4v) is 5.62. The minimum atomic E-state index is 0.288. The van der Waals surface area contributed by atoms with Crippen molar-refractivity contribution in [1.82, 2.24) is 15.0 Å². The highest BCUT2D eigenvalue weighted by atomic mass is 35.5. The zero-order valence-electron chi connectivity index (χ0n) is 20.9. The molecule has 6 heteroatoms. The summed E-state index contributed by atoms with van der Waals surface area (Å²) < 4.78 is 0. The molecule has 1 heterocycles. The molecule has 2 saturated carbocycles. The van der Waals surface area contributed by atoms with Gasteiger partial charge in [-0.15, -0.1) is 0 Å². The Hall–Kier alpha value is -1.10. The molecule has 0 amide bonds. The van der Waals surface area contributed by atoms with Crippen LogP contribution < -0.4 is 10.6 Å². The maximum atomic E-state index is 6.33. The van der Waals surface area contributed by atoms with Crippen LogP contribution in [0.4, 0.5) is 11.9 Å². The van der Waals surface area contributed by atoms with Gasteiger partial charge >= 0.3 is 0 Å². The third-order valence-electron chi connectivity index (χ3n) is 7.48. The highest BCUT2D eigenvalue weighted by molar-refractivity contribution is 6.28. The Morgan fingerprint density at radius 1 is 0.424 bits per heavy atom. The number of hydrogen-bond donors (Lipinski definition) is 2. The van der Waals surface area contributed by atoms with E-state index in [-0.39, 0.29) is 5.28 Å². The molecule has 0 atom stereocenters. The van der Waals surface area contributed by atoms with Crippen molar-refractivity contribution in [2.24, 2.45) is 0 Å². The van der Waals surface area contributed by atoms with Crippen molar-refractivity contribution in [3.05, 3.63) is 5.28 Å². The van der Waals surface area contributed by atoms with Crippen LogP contribution in [0.2, 0.25) is 5.28 Å². The first-order chi connectivity index (χ1) is 16.3. The summed E-state index contributed by atoms with van der Waals surface area (Å²) in [6.07, 6.45) is 29.2. The number of halogens is 1. The third-order valence-corrected chi connectivity index (χ3v) is 7.65. The van der Waals surface area contributed by atoms with E-state index in [2.05, 4.69) is 20.6 Å². The van der Waals surface area contributed by atoms with Crippen LogP contribution in [-0.4, -0.2) is 27.0 Å². The van der Waals surface area contributed by atoms with Gasteiger partial charge in [-0.1, -0.05) is 116 Å². The van der Waals surface area contributed by atoms with Gasteiger partial charge in [-0.05, 0) is 37.3 Å². The monoisotopic (exact) mass is 477 g/mol. The normalized spacial score (nSPS) is 22.2. The van der Waals surface area contributed by atoms with Crippen LogP contribution in [-0.2, 0) is 0 Å². The van der Waals surface area contributed by atoms with Crippen LogP contribution in [0, 0.1) is 0 Å². The molecule has 33 heavy (non-hydrogen) atoms. The third kappa shape index (κ3) is 11.7. The highest BCUT2D eigenvalue weighted by Gasteiger charge is 2.15. The Kier molecular flexibility index (Phi) is 13.3. The molecule has 0 saturated heterocycles. The van der Waals surface area contributed by atoms with Crippen molar-refractivity contribution >= 4 is 23.5 Å². The number of hydrogen-bond acceptors (Lipinski definition) is 5. The van der Waals surface area contributed by atoms with Gasteiger partial charge in [0.25, 0.3) is 0 Å². The summed E-state index contributed by atoms with van der Waals surface area (Å²) >= 11 is 6.33. The Balaban J connectivity index is 1.56. The molecule has 2 N–H and O–H groups in total. The molecule has 1 aromatic rings. The van der Waals surface area contributed by atoms with Crippen molar-refractivity contribution in [2.75, 3.05) is 10.6 Å². The fraction of sp³-hybridized carbons (Fsp3) is 0.889. The first-order valence-electron chi connectivity index (χ1n) is 14.2. The molecule has 3 rings (SSSR count). The second-order valence-electron chi connectivity index (χ2n) is 10.5. The Labute approximate surface area is 207 Å². The molecule has 0 aliphatic heterocycles. The van der Waals surface area contributed by atoms with Crippen LogP contribution in [0.1, 0.15) is 141 Å². The van der Waals surface area contributed by atoms with Crippen molar-refractivity contribution in [3.63, 3.8) is 0 Å². The summed E-state index contributed by atoms with van der Waals surface area (Å²) in [6, 6.07) is 0.856. The van der Waals surface area contributed by atoms with Gasteiger partial charge in [-0.25, -0.2) is 0 Å². The molecule has 0 aromatic carbocycles. The molecule has 0 spiro atoms. The van der Waals surface area contributed by atoms with Crippen LogP contribution in [0.15, 0.2) is 0 Å². The fourth-order valence-electron chi connectivity index (χ4n) is 5.46. The maximum absolute atomic E-state index is 6.33. The molecular weight excluding hydrogens is 430 g/mol. The van der Waals surface area contributed by atoms with Crippen molar-refractivity contribution in [2.45, 2.75) is 153 Å². The van der Waals surface area contributed by atoms with Crippen molar-refractivity contribution in [1.29, 1.82) is 0 Å². The van der Waals surface area contributed by atoms with Gasteiger partial charge in [0.1, 0.15) is 0 Å². The minimum Gasteiger partial charge on any atom is -0.351 e. The molecule has 0 unspecified atom stereocenters. The van der Waals surface area contributed by atoms with Crippen LogP contribution in [0.3, 0.4) is 0 Å². The Morgan fingerprint density at radius 2 is 0.697 bits per heavy atom. The molecule has 5 nitrogen and oxygen atoms in total. The lowest BCUT2D eigenvalue weighted by molar-refractivity contribution is 0.477. The van der Waals surface area contributed by atoms with E-state index in [0.29, 0.717) is 24.0 Å². The van der Waals surface area contributed by atoms with E-state index in [0.717, 1.165) is 0 Å². The first-order valence-corrected chi connectivity index (χ1v) is 14.6. The number of aromatic nitrogens is 3. The lowest BCUT2D eigenvalue weighted by atomic mass is 9.98. The Morgan fingerprint density at radius 3 is 1.00 bits per heavy atom. The summed E-state index contributed by atoms with van der Waals surface area (Å²) in [5.74, 6) is 1.28. The topological polar surface area (TPSA) is 62.7 Å². The van der Waals surface area contributed by atoms with E-state index in [1.165, 1.54) is 141 Å². The van der Waals surface area contributed by atoms with Crippen LogP contribution in [0.5, 0.6) is 0 Å². The predicted octanol–water partition coefficient (Wildman–Crippen LogP) is 8.70. The smallest absolute Gasteiger partial charge is 0.229 e. The number of nitrogens with one attached hydrogen (secondary N) is 2. The predicted molar refractivity (Wildman–Crippen MR) is 141 cm³/mol. The lowest BCUT2D eigenvalue weighted by Crippen LogP contribution is -2.24. The molecule has 2 aliphatic carbocycles. The largest absolute Gasteiger partial charge is 0.351 e. The van der Waals surface area contributed by atoms with Gasteiger partial charge in [0, 0.05) is 12.1 Å². The second kappa shape index (κ2) is 16.5. The summed E-state index contributed by atoms with van der Waals surface area (Å²) in [5, 5.41) is 7.53. The number of anilines is 2. The number of rotatable bonds is 4. The average Bonchev–Trinajstić information content (AvgIpc) is 2.77. The van der Waals surface area contributed by atoms with Gasteiger partial charge in [-0.2, -0.15) is 15.0 Å². The molecule has 1 aromatic heterocycles. The number of nitrogens with zero attached hydrogens (tertiary/aromatic N) is 3. The molecule has 2 fully saturated rings. The van der Waals surface area contributed by atoms with Crippen LogP contribution >= 0.6 is 11.6 Å². The summed E-state index contributed by atoms with van der Waals surface area (Å²) in [4.78, 5) is 13.6. The summed E-state index contributed by atoms with van der Waals surface area (Å²) in [7, 11) is 0. The van der Waals surface area contributed by atoms with E-state index in [4.69, 9.17) is 16.6 Å². The molecule has 188 valence electrons. The van der Waals surface area contributed by atoms with Gasteiger partial charge in [-0.3, -0.25) is 0 Å². The summed E-state index contributed by atoms with van der Waals surface area (Å²) in [6.45, 7) is 0. The van der Waals surface area contributed by atoms with Gasteiger partial charge < -0.3 is 10.6 Å². The standard InChI is InChI=1S/C27H48ClN5/c28-25-31-26(29-23-19-15-11-7-3-1-4-8-12-16-20-23)33-27(32-25)30-24-21-17-13-9-5-2-6-10-14-18-22-24/h23-24H,1-22H2,(H2,29,30,31,32,33).